The maximum absolute atomic E-state index is 13.7. The highest BCUT2D eigenvalue weighted by Crippen LogP contribution is 2.29. The van der Waals surface area contributed by atoms with Crippen LogP contribution in [-0.2, 0) is 4.79 Å². The predicted octanol–water partition coefficient (Wildman–Crippen LogP) is 3.57. The molecule has 4 rings (SSSR count). The van der Waals surface area contributed by atoms with Crippen LogP contribution in [0, 0.1) is 23.1 Å². The standard InChI is InChI=1S/C25H32FN5O3/c1-31-13-11-25(16-27,12-14-31)30-23(32)20(10-7-17-5-3-2-4-6-17)28-22-19-9-8-18(26)15-21(19)34-24(33)29-22/h8-9,15,17,20H,2-7,10-14H2,1H3,(H,30,32)(H,28,29,33). The first-order valence-electron chi connectivity index (χ1n) is 12.2. The first-order chi connectivity index (χ1) is 16.4. The van der Waals surface area contributed by atoms with Crippen LogP contribution in [0.25, 0.3) is 11.0 Å². The van der Waals surface area contributed by atoms with E-state index in [9.17, 15) is 19.2 Å². The van der Waals surface area contributed by atoms with Crippen LogP contribution >= 0.6 is 0 Å². The molecular formula is C25H32FN5O3. The summed E-state index contributed by atoms with van der Waals surface area (Å²) in [6, 6.07) is 5.51. The minimum Gasteiger partial charge on any atom is -0.408 e. The minimum atomic E-state index is -0.914. The van der Waals surface area contributed by atoms with E-state index < -0.39 is 23.2 Å². The Bertz CT molecular complexity index is 1110. The van der Waals surface area contributed by atoms with Crippen molar-refractivity contribution in [2.75, 3.05) is 25.5 Å². The number of nitriles is 1. The lowest BCUT2D eigenvalue weighted by Gasteiger charge is -2.37. The molecule has 8 nitrogen and oxygen atoms in total. The molecule has 2 aromatic rings. The molecule has 1 atom stereocenters. The van der Waals surface area contributed by atoms with Crippen LogP contribution in [0.2, 0.25) is 0 Å². The third-order valence-corrected chi connectivity index (χ3v) is 7.23. The van der Waals surface area contributed by atoms with Gasteiger partial charge < -0.3 is 20.0 Å². The van der Waals surface area contributed by atoms with Crippen LogP contribution in [-0.4, -0.2) is 47.5 Å². The van der Waals surface area contributed by atoms with Crippen molar-refractivity contribution in [2.45, 2.75) is 69.4 Å². The zero-order valence-electron chi connectivity index (χ0n) is 19.6. The van der Waals surface area contributed by atoms with Crippen molar-refractivity contribution < 1.29 is 13.6 Å². The number of nitrogens with zero attached hydrogens (tertiary/aromatic N) is 3. The molecule has 182 valence electrons. The van der Waals surface area contributed by atoms with Gasteiger partial charge in [-0.05, 0) is 50.8 Å². The Morgan fingerprint density at radius 2 is 2.06 bits per heavy atom. The number of rotatable bonds is 7. The number of anilines is 1. The number of carbonyl (C=O) groups excluding carboxylic acids is 1. The van der Waals surface area contributed by atoms with Crippen LogP contribution in [0.5, 0.6) is 0 Å². The molecule has 1 aromatic carbocycles. The van der Waals surface area contributed by atoms with E-state index in [1.165, 1.54) is 31.4 Å². The predicted molar refractivity (Wildman–Crippen MR) is 127 cm³/mol. The van der Waals surface area contributed by atoms with Gasteiger partial charge in [0.05, 0.1) is 11.5 Å². The van der Waals surface area contributed by atoms with Crippen LogP contribution < -0.4 is 16.4 Å². The van der Waals surface area contributed by atoms with Gasteiger partial charge in [-0.3, -0.25) is 4.79 Å². The Morgan fingerprint density at radius 3 is 2.76 bits per heavy atom. The second-order valence-corrected chi connectivity index (χ2v) is 9.73. The highest BCUT2D eigenvalue weighted by molar-refractivity contribution is 5.91. The maximum Gasteiger partial charge on any atom is 0.441 e. The lowest BCUT2D eigenvalue weighted by molar-refractivity contribution is -0.123. The van der Waals surface area contributed by atoms with Crippen molar-refractivity contribution in [3.8, 4) is 6.07 Å². The first kappa shape index (κ1) is 24.1. The second-order valence-electron chi connectivity index (χ2n) is 9.73. The van der Waals surface area contributed by atoms with Gasteiger partial charge in [-0.25, -0.2) is 9.18 Å². The number of carbonyl (C=O) groups is 1. The molecule has 2 N–H and O–H groups in total. The number of fused-ring (bicyclic) bond motifs is 1. The van der Waals surface area contributed by atoms with E-state index in [-0.39, 0.29) is 17.3 Å². The normalized spacial score (nSPS) is 19.9. The minimum absolute atomic E-state index is 0.0674. The molecule has 2 heterocycles. The Kier molecular flexibility index (Phi) is 7.47. The van der Waals surface area contributed by atoms with Crippen LogP contribution in [0.3, 0.4) is 0 Å². The summed E-state index contributed by atoms with van der Waals surface area (Å²) >= 11 is 0. The van der Waals surface area contributed by atoms with Crippen molar-refractivity contribution in [1.29, 1.82) is 5.26 Å². The zero-order chi connectivity index (χ0) is 24.1. The summed E-state index contributed by atoms with van der Waals surface area (Å²) in [5, 5.41) is 16.4. The molecule has 2 fully saturated rings. The molecular weight excluding hydrogens is 437 g/mol. The average molecular weight is 470 g/mol. The van der Waals surface area contributed by atoms with Gasteiger partial charge in [-0.1, -0.05) is 32.1 Å². The van der Waals surface area contributed by atoms with Gasteiger partial charge in [0.2, 0.25) is 5.91 Å². The maximum atomic E-state index is 13.7. The summed E-state index contributed by atoms with van der Waals surface area (Å²) in [6.07, 6.45) is 8.48. The lowest BCUT2D eigenvalue weighted by Crippen LogP contribution is -2.57. The van der Waals surface area contributed by atoms with Gasteiger partial charge >= 0.3 is 5.76 Å². The average Bonchev–Trinajstić information content (AvgIpc) is 2.83. The molecule has 1 aliphatic heterocycles. The number of halogens is 1. The Balaban J connectivity index is 1.58. The molecule has 0 radical (unpaired) electrons. The van der Waals surface area contributed by atoms with Gasteiger partial charge in [0.15, 0.2) is 0 Å². The number of hydrogen-bond donors (Lipinski definition) is 2. The molecule has 1 unspecified atom stereocenters. The third kappa shape index (κ3) is 5.73. The number of piperidine rings is 1. The van der Waals surface area contributed by atoms with Gasteiger partial charge in [-0.15, -0.1) is 0 Å². The van der Waals surface area contributed by atoms with Crippen molar-refractivity contribution in [1.82, 2.24) is 15.2 Å². The molecule has 34 heavy (non-hydrogen) atoms. The summed E-state index contributed by atoms with van der Waals surface area (Å²) in [7, 11) is 2.00. The fourth-order valence-electron chi connectivity index (χ4n) is 5.05. The largest absolute Gasteiger partial charge is 0.441 e. The van der Waals surface area contributed by atoms with E-state index in [1.54, 1.807) is 0 Å². The number of aromatic nitrogens is 1. The molecule has 1 saturated heterocycles. The van der Waals surface area contributed by atoms with Crippen LogP contribution in [0.1, 0.15) is 57.8 Å². The zero-order valence-corrected chi connectivity index (χ0v) is 19.6. The smallest absolute Gasteiger partial charge is 0.408 e. The molecule has 9 heteroatoms. The molecule has 1 aromatic heterocycles. The van der Waals surface area contributed by atoms with Crippen LogP contribution in [0.4, 0.5) is 10.2 Å². The fourth-order valence-corrected chi connectivity index (χ4v) is 5.05. The van der Waals surface area contributed by atoms with Crippen molar-refractivity contribution in [2.24, 2.45) is 5.92 Å². The molecule has 0 bridgehead atoms. The fraction of sp³-hybridized carbons (Fsp3) is 0.600. The Morgan fingerprint density at radius 1 is 1.32 bits per heavy atom. The Hall–Kier alpha value is -2.99. The van der Waals surface area contributed by atoms with E-state index in [2.05, 4.69) is 26.6 Å². The van der Waals surface area contributed by atoms with Crippen LogP contribution in [0.15, 0.2) is 27.4 Å². The number of likely N-dealkylation sites (tertiary alicyclic amines) is 1. The van der Waals surface area contributed by atoms with E-state index >= 15 is 0 Å². The van der Waals surface area contributed by atoms with E-state index in [0.29, 0.717) is 30.6 Å². The summed E-state index contributed by atoms with van der Waals surface area (Å²) in [6.45, 7) is 1.46. The quantitative estimate of drug-likeness (QED) is 0.638. The molecule has 2 aliphatic rings. The van der Waals surface area contributed by atoms with Gasteiger partial charge in [0.25, 0.3) is 0 Å². The van der Waals surface area contributed by atoms with Gasteiger partial charge in [-0.2, -0.15) is 10.2 Å². The lowest BCUT2D eigenvalue weighted by atomic mass is 9.84. The number of hydrogen-bond acceptors (Lipinski definition) is 7. The van der Waals surface area contributed by atoms with Crippen molar-refractivity contribution in [3.63, 3.8) is 0 Å². The van der Waals surface area contributed by atoms with Crippen molar-refractivity contribution in [3.05, 3.63) is 34.6 Å². The Labute approximate surface area is 198 Å². The van der Waals surface area contributed by atoms with E-state index in [0.717, 1.165) is 38.4 Å². The second kappa shape index (κ2) is 10.5. The summed E-state index contributed by atoms with van der Waals surface area (Å²) in [5.74, 6) is -0.941. The topological polar surface area (TPSA) is 111 Å². The monoisotopic (exact) mass is 469 g/mol. The summed E-state index contributed by atoms with van der Waals surface area (Å²) < 4.78 is 18.7. The van der Waals surface area contributed by atoms with E-state index in [1.807, 2.05) is 7.05 Å². The van der Waals surface area contributed by atoms with Gasteiger partial charge in [0, 0.05) is 19.2 Å². The molecule has 1 aliphatic carbocycles. The SMILES string of the molecule is CN1CCC(C#N)(NC(=O)C(CCC2CCCCC2)Nc2nc(=O)oc3cc(F)ccc23)CC1. The molecule has 1 saturated carbocycles. The van der Waals surface area contributed by atoms with Crippen molar-refractivity contribution >= 4 is 22.7 Å². The number of nitrogens with one attached hydrogen (secondary N) is 2. The first-order valence-corrected chi connectivity index (χ1v) is 12.2. The summed E-state index contributed by atoms with van der Waals surface area (Å²) in [5.41, 5.74) is -0.847. The third-order valence-electron chi connectivity index (χ3n) is 7.23. The molecule has 0 spiro atoms. The highest BCUT2D eigenvalue weighted by atomic mass is 19.1. The number of benzene rings is 1. The summed E-state index contributed by atoms with van der Waals surface area (Å²) in [4.78, 5) is 31.6. The molecule has 1 amide bonds. The number of amides is 1. The van der Waals surface area contributed by atoms with Gasteiger partial charge in [0.1, 0.15) is 28.8 Å². The van der Waals surface area contributed by atoms with E-state index in [4.69, 9.17) is 4.42 Å². The highest BCUT2D eigenvalue weighted by Gasteiger charge is 2.37.